The highest BCUT2D eigenvalue weighted by atomic mass is 16.3. The minimum Gasteiger partial charge on any atom is -0.394 e. The predicted octanol–water partition coefficient (Wildman–Crippen LogP) is 3.66. The summed E-state index contributed by atoms with van der Waals surface area (Å²) in [6.45, 7) is 0.479. The second kappa shape index (κ2) is 8.97. The van der Waals surface area contributed by atoms with Gasteiger partial charge in [0.25, 0.3) is 0 Å². The van der Waals surface area contributed by atoms with Gasteiger partial charge in [0.1, 0.15) is 6.10 Å². The minimum absolute atomic E-state index is 0.135. The molecule has 1 amide bonds. The second-order valence-corrected chi connectivity index (χ2v) is 8.22. The first-order chi connectivity index (χ1) is 14.2. The highest BCUT2D eigenvalue weighted by molar-refractivity contribution is 5.93. The Morgan fingerprint density at radius 3 is 2.59 bits per heavy atom. The number of amides is 1. The second-order valence-electron chi connectivity index (χ2n) is 8.22. The molecule has 0 unspecified atom stereocenters. The topological polar surface area (TPSA) is 72.8 Å². The summed E-state index contributed by atoms with van der Waals surface area (Å²) in [5.74, 6) is 0.271. The standard InChI is InChI=1S/C24H30N2O3/c27-16-22(28)23(17-7-3-1-4-8-17)26-14-13-19-15-20(11-12-21(19)26)25-24(29)18-9-5-2-6-10-18/h1,3-4,7-8,11-12,15,18,22-23,27-28H,2,5-6,9-10,13-14,16H2,(H,25,29)/t22-,23+/m1/s1. The largest absolute Gasteiger partial charge is 0.394 e. The fraction of sp³-hybridized carbons (Fsp3) is 0.458. The molecule has 2 atom stereocenters. The van der Waals surface area contributed by atoms with Crippen LogP contribution in [0.15, 0.2) is 48.5 Å². The number of nitrogens with one attached hydrogen (secondary N) is 1. The van der Waals surface area contributed by atoms with Gasteiger partial charge in [-0.3, -0.25) is 4.79 Å². The molecule has 2 aliphatic rings. The van der Waals surface area contributed by atoms with Gasteiger partial charge in [-0.05, 0) is 48.6 Å². The monoisotopic (exact) mass is 394 g/mol. The van der Waals surface area contributed by atoms with Crippen molar-refractivity contribution in [3.63, 3.8) is 0 Å². The molecule has 0 spiro atoms. The van der Waals surface area contributed by atoms with Crippen LogP contribution in [0.2, 0.25) is 0 Å². The lowest BCUT2D eigenvalue weighted by Gasteiger charge is -2.33. The van der Waals surface area contributed by atoms with Gasteiger partial charge in [-0.15, -0.1) is 0 Å². The molecule has 1 fully saturated rings. The molecule has 1 aliphatic heterocycles. The van der Waals surface area contributed by atoms with E-state index >= 15 is 0 Å². The van der Waals surface area contributed by atoms with Crippen LogP contribution in [-0.2, 0) is 11.2 Å². The van der Waals surface area contributed by atoms with Crippen molar-refractivity contribution in [1.29, 1.82) is 0 Å². The van der Waals surface area contributed by atoms with Crippen LogP contribution in [0, 0.1) is 5.92 Å². The summed E-state index contributed by atoms with van der Waals surface area (Å²) in [5.41, 5.74) is 4.05. The first-order valence-electron chi connectivity index (χ1n) is 10.7. The number of anilines is 2. The molecule has 3 N–H and O–H groups in total. The van der Waals surface area contributed by atoms with E-state index in [-0.39, 0.29) is 24.5 Å². The van der Waals surface area contributed by atoms with Gasteiger partial charge in [-0.2, -0.15) is 0 Å². The van der Waals surface area contributed by atoms with E-state index in [0.29, 0.717) is 0 Å². The third kappa shape index (κ3) is 4.31. The smallest absolute Gasteiger partial charge is 0.227 e. The number of hydrogen-bond donors (Lipinski definition) is 3. The Bertz CT molecular complexity index is 833. The van der Waals surface area contributed by atoms with Gasteiger partial charge >= 0.3 is 0 Å². The number of rotatable bonds is 6. The Morgan fingerprint density at radius 2 is 1.86 bits per heavy atom. The average Bonchev–Trinajstić information content (AvgIpc) is 3.18. The van der Waals surface area contributed by atoms with E-state index in [1.165, 1.54) is 6.42 Å². The van der Waals surface area contributed by atoms with Crippen LogP contribution in [0.3, 0.4) is 0 Å². The molecule has 2 aromatic carbocycles. The van der Waals surface area contributed by atoms with Gasteiger partial charge in [-0.25, -0.2) is 0 Å². The van der Waals surface area contributed by atoms with Crippen LogP contribution in [0.25, 0.3) is 0 Å². The van der Waals surface area contributed by atoms with Crippen molar-refractivity contribution in [3.8, 4) is 0 Å². The van der Waals surface area contributed by atoms with Gasteiger partial charge in [0.05, 0.1) is 12.6 Å². The minimum atomic E-state index is -0.867. The Hall–Kier alpha value is -2.37. The van der Waals surface area contributed by atoms with Crippen molar-refractivity contribution in [2.24, 2.45) is 5.92 Å². The molecule has 5 heteroatoms. The number of nitrogens with zero attached hydrogens (tertiary/aromatic N) is 1. The zero-order valence-electron chi connectivity index (χ0n) is 16.8. The highest BCUT2D eigenvalue weighted by Gasteiger charge is 2.32. The molecule has 1 saturated carbocycles. The number of carbonyl (C=O) groups excluding carboxylic acids is 1. The number of carbonyl (C=O) groups is 1. The lowest BCUT2D eigenvalue weighted by atomic mass is 9.88. The van der Waals surface area contributed by atoms with E-state index in [4.69, 9.17) is 0 Å². The molecule has 29 heavy (non-hydrogen) atoms. The van der Waals surface area contributed by atoms with Gasteiger partial charge in [-0.1, -0.05) is 49.6 Å². The van der Waals surface area contributed by atoms with E-state index in [9.17, 15) is 15.0 Å². The number of fused-ring (bicyclic) bond motifs is 1. The van der Waals surface area contributed by atoms with Crippen molar-refractivity contribution in [1.82, 2.24) is 0 Å². The maximum Gasteiger partial charge on any atom is 0.227 e. The summed E-state index contributed by atoms with van der Waals surface area (Å²) in [6, 6.07) is 15.6. The summed E-state index contributed by atoms with van der Waals surface area (Å²) >= 11 is 0. The quantitative estimate of drug-likeness (QED) is 0.699. The van der Waals surface area contributed by atoms with E-state index in [2.05, 4.69) is 16.3 Å². The Morgan fingerprint density at radius 1 is 1.10 bits per heavy atom. The first-order valence-corrected chi connectivity index (χ1v) is 10.7. The molecule has 0 radical (unpaired) electrons. The van der Waals surface area contributed by atoms with Crippen LogP contribution in [0.4, 0.5) is 11.4 Å². The van der Waals surface area contributed by atoms with Crippen molar-refractivity contribution < 1.29 is 15.0 Å². The van der Waals surface area contributed by atoms with E-state index < -0.39 is 6.10 Å². The Labute approximate surface area is 172 Å². The highest BCUT2D eigenvalue weighted by Crippen LogP contribution is 2.38. The number of aliphatic hydroxyl groups is 2. The van der Waals surface area contributed by atoms with Crippen LogP contribution in [0.1, 0.15) is 49.3 Å². The number of aliphatic hydroxyl groups excluding tert-OH is 2. The molecule has 1 heterocycles. The third-order valence-corrected chi connectivity index (χ3v) is 6.28. The fourth-order valence-corrected chi connectivity index (χ4v) is 4.76. The van der Waals surface area contributed by atoms with E-state index in [1.54, 1.807) is 0 Å². The normalized spacial score (nSPS) is 18.9. The number of hydrogen-bond acceptors (Lipinski definition) is 4. The fourth-order valence-electron chi connectivity index (χ4n) is 4.76. The molecule has 1 aliphatic carbocycles. The lowest BCUT2D eigenvalue weighted by molar-refractivity contribution is -0.120. The summed E-state index contributed by atoms with van der Waals surface area (Å²) in [4.78, 5) is 14.7. The summed E-state index contributed by atoms with van der Waals surface area (Å²) in [7, 11) is 0. The molecular formula is C24H30N2O3. The van der Waals surface area contributed by atoms with Crippen molar-refractivity contribution >= 4 is 17.3 Å². The van der Waals surface area contributed by atoms with Gasteiger partial charge < -0.3 is 20.4 Å². The molecule has 2 aromatic rings. The van der Waals surface area contributed by atoms with Gasteiger partial charge in [0.15, 0.2) is 0 Å². The molecular weight excluding hydrogens is 364 g/mol. The number of benzene rings is 2. The van der Waals surface area contributed by atoms with Crippen LogP contribution >= 0.6 is 0 Å². The maximum absolute atomic E-state index is 12.6. The Balaban J connectivity index is 1.53. The van der Waals surface area contributed by atoms with Crippen molar-refractivity contribution in [3.05, 3.63) is 59.7 Å². The average molecular weight is 395 g/mol. The van der Waals surface area contributed by atoms with Crippen LogP contribution in [-0.4, -0.2) is 35.4 Å². The van der Waals surface area contributed by atoms with Crippen molar-refractivity contribution in [2.75, 3.05) is 23.4 Å². The Kier molecular flexibility index (Phi) is 6.16. The zero-order chi connectivity index (χ0) is 20.2. The van der Waals surface area contributed by atoms with Crippen molar-refractivity contribution in [2.45, 2.75) is 50.7 Å². The maximum atomic E-state index is 12.6. The third-order valence-electron chi connectivity index (χ3n) is 6.28. The molecule has 0 saturated heterocycles. The van der Waals surface area contributed by atoms with E-state index in [1.807, 2.05) is 42.5 Å². The zero-order valence-corrected chi connectivity index (χ0v) is 16.8. The predicted molar refractivity (Wildman–Crippen MR) is 115 cm³/mol. The molecule has 4 rings (SSSR count). The van der Waals surface area contributed by atoms with Gasteiger partial charge in [0.2, 0.25) is 5.91 Å². The van der Waals surface area contributed by atoms with Crippen LogP contribution < -0.4 is 10.2 Å². The summed E-state index contributed by atoms with van der Waals surface area (Å²) in [5, 5.41) is 23.2. The lowest BCUT2D eigenvalue weighted by Crippen LogP contribution is -2.37. The SMILES string of the molecule is O=C(Nc1ccc2c(c1)CCN2[C@@H](c1ccccc1)[C@H](O)CO)C1CCCCC1. The van der Waals surface area contributed by atoms with E-state index in [0.717, 1.165) is 61.2 Å². The molecule has 5 nitrogen and oxygen atoms in total. The molecule has 154 valence electrons. The molecule has 0 aromatic heterocycles. The first kappa shape index (κ1) is 19.9. The van der Waals surface area contributed by atoms with Gasteiger partial charge in [0, 0.05) is 23.8 Å². The summed E-state index contributed by atoms with van der Waals surface area (Å²) < 4.78 is 0. The van der Waals surface area contributed by atoms with Crippen LogP contribution in [0.5, 0.6) is 0 Å². The molecule has 0 bridgehead atoms. The summed E-state index contributed by atoms with van der Waals surface area (Å²) in [6.07, 6.45) is 5.49.